The van der Waals surface area contributed by atoms with Gasteiger partial charge in [-0.3, -0.25) is 0 Å². The maximum Gasteiger partial charge on any atom is 0.152 e. The van der Waals surface area contributed by atoms with Crippen LogP contribution in [-0.2, 0) is 9.84 Å². The van der Waals surface area contributed by atoms with Gasteiger partial charge in [0.1, 0.15) is 11.6 Å². The SMILES string of the molecule is CCNc1nc(NC2CCCS(=O)(=O)C2)c(Cl)cc1Cl. The van der Waals surface area contributed by atoms with Crippen LogP contribution in [0.1, 0.15) is 19.8 Å². The van der Waals surface area contributed by atoms with Gasteiger partial charge in [-0.05, 0) is 25.8 Å². The van der Waals surface area contributed by atoms with Crippen molar-refractivity contribution in [2.45, 2.75) is 25.8 Å². The van der Waals surface area contributed by atoms with Crippen LogP contribution in [0.5, 0.6) is 0 Å². The minimum atomic E-state index is -2.97. The quantitative estimate of drug-likeness (QED) is 0.883. The summed E-state index contributed by atoms with van der Waals surface area (Å²) in [7, 11) is -2.97. The third-order valence-corrected chi connectivity index (χ3v) is 5.47. The zero-order chi connectivity index (χ0) is 14.8. The lowest BCUT2D eigenvalue weighted by atomic mass is 10.2. The molecule has 5 nitrogen and oxygen atoms in total. The summed E-state index contributed by atoms with van der Waals surface area (Å²) in [5.74, 6) is 1.38. The zero-order valence-electron chi connectivity index (χ0n) is 11.1. The molecule has 1 aromatic rings. The molecule has 1 aliphatic rings. The van der Waals surface area contributed by atoms with E-state index < -0.39 is 9.84 Å². The molecule has 2 N–H and O–H groups in total. The molecule has 112 valence electrons. The van der Waals surface area contributed by atoms with Crippen LogP contribution in [0, 0.1) is 0 Å². The van der Waals surface area contributed by atoms with E-state index in [0.29, 0.717) is 34.6 Å². The van der Waals surface area contributed by atoms with Crippen LogP contribution in [-0.4, -0.2) is 37.5 Å². The van der Waals surface area contributed by atoms with E-state index in [1.54, 1.807) is 6.07 Å². The van der Waals surface area contributed by atoms with Crippen molar-refractivity contribution in [3.63, 3.8) is 0 Å². The average molecular weight is 338 g/mol. The molecule has 20 heavy (non-hydrogen) atoms. The number of rotatable bonds is 4. The maximum atomic E-state index is 11.6. The number of nitrogens with zero attached hydrogens (tertiary/aromatic N) is 1. The Morgan fingerprint density at radius 2 is 2.05 bits per heavy atom. The molecule has 1 aromatic heterocycles. The number of halogens is 2. The average Bonchev–Trinajstić information content (AvgIpc) is 2.34. The van der Waals surface area contributed by atoms with Crippen LogP contribution in [0.2, 0.25) is 10.0 Å². The number of nitrogens with one attached hydrogen (secondary N) is 2. The molecule has 0 saturated carbocycles. The van der Waals surface area contributed by atoms with Crippen molar-refractivity contribution in [3.05, 3.63) is 16.1 Å². The molecule has 1 atom stereocenters. The normalized spacial score (nSPS) is 21.4. The van der Waals surface area contributed by atoms with Crippen LogP contribution in [0.3, 0.4) is 0 Å². The van der Waals surface area contributed by atoms with E-state index in [1.807, 2.05) is 6.92 Å². The third-order valence-electron chi connectivity index (χ3n) is 3.08. The van der Waals surface area contributed by atoms with E-state index in [-0.39, 0.29) is 17.5 Å². The minimum Gasteiger partial charge on any atom is -0.369 e. The van der Waals surface area contributed by atoms with E-state index in [2.05, 4.69) is 15.6 Å². The third kappa shape index (κ3) is 3.90. The Morgan fingerprint density at radius 1 is 1.35 bits per heavy atom. The molecule has 0 amide bonds. The molecular formula is C12H17Cl2N3O2S. The van der Waals surface area contributed by atoms with Gasteiger partial charge < -0.3 is 10.6 Å². The highest BCUT2D eigenvalue weighted by atomic mass is 35.5. The maximum absolute atomic E-state index is 11.6. The van der Waals surface area contributed by atoms with E-state index in [4.69, 9.17) is 23.2 Å². The molecule has 0 aliphatic carbocycles. The Morgan fingerprint density at radius 3 is 2.70 bits per heavy atom. The fourth-order valence-electron chi connectivity index (χ4n) is 2.19. The van der Waals surface area contributed by atoms with Gasteiger partial charge in [0.25, 0.3) is 0 Å². The van der Waals surface area contributed by atoms with Crippen molar-refractivity contribution in [1.29, 1.82) is 0 Å². The highest BCUT2D eigenvalue weighted by Crippen LogP contribution is 2.30. The summed E-state index contributed by atoms with van der Waals surface area (Å²) >= 11 is 12.1. The number of pyridine rings is 1. The Labute approximate surface area is 129 Å². The van der Waals surface area contributed by atoms with E-state index in [0.717, 1.165) is 6.42 Å². The summed E-state index contributed by atoms with van der Waals surface area (Å²) in [6.45, 7) is 2.62. The van der Waals surface area contributed by atoms with Gasteiger partial charge >= 0.3 is 0 Å². The largest absolute Gasteiger partial charge is 0.369 e. The van der Waals surface area contributed by atoms with Crippen LogP contribution in [0.15, 0.2) is 6.07 Å². The summed E-state index contributed by atoms with van der Waals surface area (Å²) < 4.78 is 23.3. The van der Waals surface area contributed by atoms with E-state index >= 15 is 0 Å². The molecule has 0 bridgehead atoms. The lowest BCUT2D eigenvalue weighted by Crippen LogP contribution is -2.35. The predicted molar refractivity (Wildman–Crippen MR) is 83.7 cm³/mol. The molecular weight excluding hydrogens is 321 g/mol. The van der Waals surface area contributed by atoms with Crippen LogP contribution in [0.4, 0.5) is 11.6 Å². The van der Waals surface area contributed by atoms with Crippen LogP contribution >= 0.6 is 23.2 Å². The summed E-state index contributed by atoms with van der Waals surface area (Å²) in [4.78, 5) is 4.32. The Bertz CT molecular complexity index is 593. The Balaban J connectivity index is 2.18. The van der Waals surface area contributed by atoms with Crippen molar-refractivity contribution >= 4 is 44.7 Å². The van der Waals surface area contributed by atoms with Crippen LogP contribution in [0.25, 0.3) is 0 Å². The predicted octanol–water partition coefficient (Wildman–Crippen LogP) is 2.81. The second kappa shape index (κ2) is 6.37. The molecule has 0 radical (unpaired) electrons. The highest BCUT2D eigenvalue weighted by molar-refractivity contribution is 7.91. The standard InChI is InChI=1S/C12H17Cl2N3O2S/c1-2-15-11-9(13)6-10(14)12(17-11)16-8-4-3-5-20(18,19)7-8/h6,8H,2-5,7H2,1H3,(H2,15,16,17). The van der Waals surface area contributed by atoms with Gasteiger partial charge in [0, 0.05) is 12.6 Å². The van der Waals surface area contributed by atoms with Gasteiger partial charge in [-0.2, -0.15) is 0 Å². The van der Waals surface area contributed by atoms with Gasteiger partial charge in [0.15, 0.2) is 9.84 Å². The molecule has 1 saturated heterocycles. The first-order chi connectivity index (χ1) is 9.41. The van der Waals surface area contributed by atoms with Crippen LogP contribution < -0.4 is 10.6 Å². The molecule has 1 fully saturated rings. The van der Waals surface area contributed by atoms with Crippen molar-refractivity contribution in [2.75, 3.05) is 28.7 Å². The molecule has 8 heteroatoms. The van der Waals surface area contributed by atoms with Crippen molar-refractivity contribution in [1.82, 2.24) is 4.98 Å². The molecule has 2 heterocycles. The fraction of sp³-hybridized carbons (Fsp3) is 0.583. The smallest absolute Gasteiger partial charge is 0.152 e. The van der Waals surface area contributed by atoms with Crippen molar-refractivity contribution in [2.24, 2.45) is 0 Å². The summed E-state index contributed by atoms with van der Waals surface area (Å²) in [5, 5.41) is 6.98. The van der Waals surface area contributed by atoms with Crippen molar-refractivity contribution < 1.29 is 8.42 Å². The minimum absolute atomic E-state index is 0.115. The van der Waals surface area contributed by atoms with Gasteiger partial charge in [0.05, 0.1) is 21.6 Å². The Kier molecular flexibility index (Phi) is 4.99. The topological polar surface area (TPSA) is 71.1 Å². The molecule has 0 aromatic carbocycles. The summed E-state index contributed by atoms with van der Waals surface area (Å²) in [6, 6.07) is 1.45. The van der Waals surface area contributed by atoms with Gasteiger partial charge in [-0.1, -0.05) is 23.2 Å². The van der Waals surface area contributed by atoms with E-state index in [1.165, 1.54) is 0 Å². The zero-order valence-corrected chi connectivity index (χ0v) is 13.4. The van der Waals surface area contributed by atoms with Crippen molar-refractivity contribution in [3.8, 4) is 0 Å². The second-order valence-electron chi connectivity index (χ2n) is 4.78. The number of hydrogen-bond donors (Lipinski definition) is 2. The molecule has 2 rings (SSSR count). The molecule has 0 spiro atoms. The van der Waals surface area contributed by atoms with E-state index in [9.17, 15) is 8.42 Å². The fourth-order valence-corrected chi connectivity index (χ4v) is 4.31. The monoisotopic (exact) mass is 337 g/mol. The number of anilines is 2. The molecule has 1 aliphatic heterocycles. The number of aromatic nitrogens is 1. The van der Waals surface area contributed by atoms with Gasteiger partial charge in [-0.25, -0.2) is 13.4 Å². The summed E-state index contributed by atoms with van der Waals surface area (Å²) in [6.07, 6.45) is 1.45. The lowest BCUT2D eigenvalue weighted by Gasteiger charge is -2.24. The Hall–Kier alpha value is -0.720. The second-order valence-corrected chi connectivity index (χ2v) is 7.82. The molecule has 1 unspecified atom stereocenters. The number of sulfone groups is 1. The van der Waals surface area contributed by atoms with Gasteiger partial charge in [0.2, 0.25) is 0 Å². The lowest BCUT2D eigenvalue weighted by molar-refractivity contribution is 0.561. The summed E-state index contributed by atoms with van der Waals surface area (Å²) in [5.41, 5.74) is 0. The van der Waals surface area contributed by atoms with Gasteiger partial charge in [-0.15, -0.1) is 0 Å². The highest BCUT2D eigenvalue weighted by Gasteiger charge is 2.25. The first kappa shape index (κ1) is 15.7. The first-order valence-corrected chi connectivity index (χ1v) is 9.06. The first-order valence-electron chi connectivity index (χ1n) is 6.48. The number of hydrogen-bond acceptors (Lipinski definition) is 5.